The number of benzene rings is 1. The molecule has 0 fully saturated rings. The van der Waals surface area contributed by atoms with Crippen molar-refractivity contribution >= 4 is 47.0 Å². The molecule has 2 aromatic rings. The van der Waals surface area contributed by atoms with Gasteiger partial charge in [-0.05, 0) is 49.4 Å². The summed E-state index contributed by atoms with van der Waals surface area (Å²) in [7, 11) is 0. The molecular weight excluding hydrogens is 407 g/mol. The van der Waals surface area contributed by atoms with Gasteiger partial charge < -0.3 is 11.1 Å². The molecule has 0 atom stereocenters. The van der Waals surface area contributed by atoms with Gasteiger partial charge in [0.1, 0.15) is 0 Å². The maximum Gasteiger partial charge on any atom is 0.193 e. The minimum absolute atomic E-state index is 0. The van der Waals surface area contributed by atoms with Gasteiger partial charge in [0.25, 0.3) is 0 Å². The summed E-state index contributed by atoms with van der Waals surface area (Å²) in [5.74, 6) is 0.473. The number of aromatic nitrogens is 1. The molecule has 1 aromatic heterocycles. The van der Waals surface area contributed by atoms with Crippen molar-refractivity contribution in [3.63, 3.8) is 0 Å². The van der Waals surface area contributed by atoms with Gasteiger partial charge in [-0.25, -0.2) is 4.98 Å². The molecule has 0 aliphatic heterocycles. The second kappa shape index (κ2) is 7.92. The number of guanidine groups is 1. The third-order valence-corrected chi connectivity index (χ3v) is 4.62. The van der Waals surface area contributed by atoms with E-state index in [-0.39, 0.29) is 24.0 Å². The SMILES string of the molecule is Cc1cnc(CCN=C(N)Nc2ccc3c(c2)CCC3)s1.I. The van der Waals surface area contributed by atoms with Crippen molar-refractivity contribution in [3.8, 4) is 0 Å². The molecule has 1 aliphatic carbocycles. The van der Waals surface area contributed by atoms with Gasteiger partial charge in [-0.3, -0.25) is 4.99 Å². The Labute approximate surface area is 152 Å². The second-order valence-electron chi connectivity index (χ2n) is 5.34. The fraction of sp³-hybridized carbons (Fsp3) is 0.375. The Balaban J connectivity index is 0.00000176. The van der Waals surface area contributed by atoms with Crippen LogP contribution in [0.15, 0.2) is 29.4 Å². The molecule has 0 saturated carbocycles. The first-order chi connectivity index (χ1) is 10.2. The number of anilines is 1. The first-order valence-corrected chi connectivity index (χ1v) is 8.12. The largest absolute Gasteiger partial charge is 0.370 e. The number of nitrogens with one attached hydrogen (secondary N) is 1. The Bertz CT molecular complexity index is 666. The van der Waals surface area contributed by atoms with E-state index in [1.807, 2.05) is 6.20 Å². The summed E-state index contributed by atoms with van der Waals surface area (Å²) >= 11 is 1.72. The van der Waals surface area contributed by atoms with E-state index in [4.69, 9.17) is 5.73 Å². The number of hydrogen-bond donors (Lipinski definition) is 2. The van der Waals surface area contributed by atoms with E-state index in [1.165, 1.54) is 35.3 Å². The molecule has 0 spiro atoms. The quantitative estimate of drug-likeness (QED) is 0.445. The normalized spacial score (nSPS) is 13.6. The van der Waals surface area contributed by atoms with E-state index in [9.17, 15) is 0 Å². The monoisotopic (exact) mass is 428 g/mol. The average Bonchev–Trinajstić information content (AvgIpc) is 3.07. The number of nitrogens with zero attached hydrogens (tertiary/aromatic N) is 2. The van der Waals surface area contributed by atoms with Crippen LogP contribution in [-0.2, 0) is 19.3 Å². The van der Waals surface area contributed by atoms with Crippen LogP contribution in [0.4, 0.5) is 5.69 Å². The standard InChI is InChI=1S/C16H20N4S.HI/c1-11-10-19-15(21-11)7-8-18-16(17)20-14-6-5-12-3-2-4-13(12)9-14;/h5-6,9-10H,2-4,7-8H2,1H3,(H3,17,18,20);1H. The van der Waals surface area contributed by atoms with Crippen molar-refractivity contribution in [2.75, 3.05) is 11.9 Å². The smallest absolute Gasteiger partial charge is 0.193 e. The number of fused-ring (bicyclic) bond motifs is 1. The van der Waals surface area contributed by atoms with Crippen molar-refractivity contribution in [1.82, 2.24) is 4.98 Å². The Kier molecular flexibility index (Phi) is 6.19. The van der Waals surface area contributed by atoms with Gasteiger partial charge in [-0.15, -0.1) is 35.3 Å². The Morgan fingerprint density at radius 2 is 2.18 bits per heavy atom. The zero-order valence-electron chi connectivity index (χ0n) is 12.6. The van der Waals surface area contributed by atoms with Crippen LogP contribution >= 0.6 is 35.3 Å². The zero-order valence-corrected chi connectivity index (χ0v) is 15.8. The molecule has 3 N–H and O–H groups in total. The highest BCUT2D eigenvalue weighted by Crippen LogP contribution is 2.24. The van der Waals surface area contributed by atoms with Crippen molar-refractivity contribution < 1.29 is 0 Å². The summed E-state index contributed by atoms with van der Waals surface area (Å²) < 4.78 is 0. The molecule has 0 bridgehead atoms. The number of aliphatic imine (C=N–C) groups is 1. The molecule has 0 unspecified atom stereocenters. The Morgan fingerprint density at radius 3 is 2.95 bits per heavy atom. The summed E-state index contributed by atoms with van der Waals surface area (Å²) in [6, 6.07) is 6.46. The summed E-state index contributed by atoms with van der Waals surface area (Å²) in [6.07, 6.45) is 6.37. The predicted octanol–water partition coefficient (Wildman–Crippen LogP) is 3.53. The Morgan fingerprint density at radius 1 is 1.36 bits per heavy atom. The number of nitrogens with two attached hydrogens (primary N) is 1. The van der Waals surface area contributed by atoms with Crippen molar-refractivity contribution in [2.24, 2.45) is 10.7 Å². The molecule has 3 rings (SSSR count). The number of rotatable bonds is 4. The molecule has 1 heterocycles. The number of hydrogen-bond acceptors (Lipinski definition) is 3. The van der Waals surface area contributed by atoms with Gasteiger partial charge in [-0.2, -0.15) is 0 Å². The van der Waals surface area contributed by atoms with Gasteiger partial charge in [0, 0.05) is 29.7 Å². The first kappa shape index (κ1) is 17.2. The van der Waals surface area contributed by atoms with Crippen LogP contribution in [0, 0.1) is 6.92 Å². The number of thiazole rings is 1. The zero-order chi connectivity index (χ0) is 14.7. The highest BCUT2D eigenvalue weighted by molar-refractivity contribution is 14.0. The van der Waals surface area contributed by atoms with Gasteiger partial charge in [0.15, 0.2) is 5.96 Å². The van der Waals surface area contributed by atoms with Crippen molar-refractivity contribution in [2.45, 2.75) is 32.6 Å². The summed E-state index contributed by atoms with van der Waals surface area (Å²) in [5, 5.41) is 4.29. The molecule has 22 heavy (non-hydrogen) atoms. The third-order valence-electron chi connectivity index (χ3n) is 3.65. The maximum atomic E-state index is 5.94. The van der Waals surface area contributed by atoms with Crippen LogP contribution in [0.1, 0.15) is 27.4 Å². The van der Waals surface area contributed by atoms with Crippen LogP contribution < -0.4 is 11.1 Å². The predicted molar refractivity (Wildman–Crippen MR) is 105 cm³/mol. The van der Waals surface area contributed by atoms with Crippen LogP contribution in [0.5, 0.6) is 0 Å². The van der Waals surface area contributed by atoms with E-state index >= 15 is 0 Å². The highest BCUT2D eigenvalue weighted by Gasteiger charge is 2.10. The molecule has 0 amide bonds. The minimum atomic E-state index is 0. The van der Waals surface area contributed by atoms with Crippen LogP contribution in [-0.4, -0.2) is 17.5 Å². The van der Waals surface area contributed by atoms with E-state index in [1.54, 1.807) is 11.3 Å². The van der Waals surface area contributed by atoms with Gasteiger partial charge in [-0.1, -0.05) is 6.07 Å². The average molecular weight is 428 g/mol. The molecule has 0 radical (unpaired) electrons. The van der Waals surface area contributed by atoms with E-state index in [2.05, 4.69) is 40.4 Å². The highest BCUT2D eigenvalue weighted by atomic mass is 127. The summed E-state index contributed by atoms with van der Waals surface area (Å²) in [4.78, 5) is 9.93. The third kappa shape index (κ3) is 4.42. The van der Waals surface area contributed by atoms with Gasteiger partial charge in [0.05, 0.1) is 5.01 Å². The molecule has 6 heteroatoms. The summed E-state index contributed by atoms with van der Waals surface area (Å²) in [6.45, 7) is 2.73. The summed E-state index contributed by atoms with van der Waals surface area (Å²) in [5.41, 5.74) is 9.88. The first-order valence-electron chi connectivity index (χ1n) is 7.31. The van der Waals surface area contributed by atoms with E-state index in [0.29, 0.717) is 12.5 Å². The number of halogens is 1. The molecule has 1 aromatic carbocycles. The lowest BCUT2D eigenvalue weighted by Crippen LogP contribution is -2.23. The molecule has 118 valence electrons. The van der Waals surface area contributed by atoms with E-state index in [0.717, 1.165) is 17.1 Å². The molecule has 4 nitrogen and oxygen atoms in total. The molecule has 1 aliphatic rings. The van der Waals surface area contributed by atoms with Crippen LogP contribution in [0.2, 0.25) is 0 Å². The van der Waals surface area contributed by atoms with Crippen molar-refractivity contribution in [3.05, 3.63) is 45.4 Å². The fourth-order valence-electron chi connectivity index (χ4n) is 2.63. The van der Waals surface area contributed by atoms with Crippen LogP contribution in [0.25, 0.3) is 0 Å². The second-order valence-corrected chi connectivity index (χ2v) is 6.66. The van der Waals surface area contributed by atoms with Gasteiger partial charge >= 0.3 is 0 Å². The Hall–Kier alpha value is -1.15. The minimum Gasteiger partial charge on any atom is -0.370 e. The molecule has 0 saturated heterocycles. The fourth-order valence-corrected chi connectivity index (χ4v) is 3.40. The lowest BCUT2D eigenvalue weighted by Gasteiger charge is -2.07. The van der Waals surface area contributed by atoms with Gasteiger partial charge in [0.2, 0.25) is 0 Å². The van der Waals surface area contributed by atoms with E-state index < -0.39 is 0 Å². The topological polar surface area (TPSA) is 63.3 Å². The van der Waals surface area contributed by atoms with Crippen molar-refractivity contribution in [1.29, 1.82) is 0 Å². The molecular formula is C16H21IN4S. The number of aryl methyl sites for hydroxylation is 3. The lowest BCUT2D eigenvalue weighted by atomic mass is 10.1. The van der Waals surface area contributed by atoms with Crippen LogP contribution in [0.3, 0.4) is 0 Å². The lowest BCUT2D eigenvalue weighted by molar-refractivity contribution is 0.912. The maximum absolute atomic E-state index is 5.94.